The number of nitrogens with one attached hydrogen (secondary N) is 1. The van der Waals surface area contributed by atoms with E-state index in [1.54, 1.807) is 0 Å². The molecule has 0 amide bonds. The van der Waals surface area contributed by atoms with Crippen LogP contribution in [0.15, 0.2) is 12.2 Å². The summed E-state index contributed by atoms with van der Waals surface area (Å²) in [6, 6.07) is 1.53. The fourth-order valence-electron chi connectivity index (χ4n) is 3.24. The molecule has 1 N–H and O–H groups in total. The Hall–Kier alpha value is -0.300. The topological polar surface area (TPSA) is 12.0 Å². The second kappa shape index (κ2) is 9.60. The first kappa shape index (κ1) is 17.8. The molecule has 4 unspecified atom stereocenters. The predicted octanol–water partition coefficient (Wildman–Crippen LogP) is 5.56. The molecule has 4 atom stereocenters. The van der Waals surface area contributed by atoms with Crippen LogP contribution in [0.1, 0.15) is 79.6 Å². The molecule has 118 valence electrons. The zero-order chi connectivity index (χ0) is 15.0. The van der Waals surface area contributed by atoms with Gasteiger partial charge in [0.2, 0.25) is 0 Å². The first-order valence-electron chi connectivity index (χ1n) is 8.93. The highest BCUT2D eigenvalue weighted by Crippen LogP contribution is 2.32. The second-order valence-electron chi connectivity index (χ2n) is 7.29. The van der Waals surface area contributed by atoms with Gasteiger partial charge in [-0.25, -0.2) is 0 Å². The molecule has 20 heavy (non-hydrogen) atoms. The summed E-state index contributed by atoms with van der Waals surface area (Å²) in [5.74, 6) is 2.49. The molecule has 1 rings (SSSR count). The molecule has 0 aromatic carbocycles. The molecule has 1 saturated carbocycles. The summed E-state index contributed by atoms with van der Waals surface area (Å²) in [6.45, 7) is 11.7. The highest BCUT2D eigenvalue weighted by atomic mass is 15.0. The average molecular weight is 280 g/mol. The van der Waals surface area contributed by atoms with Crippen LogP contribution in [0.5, 0.6) is 0 Å². The zero-order valence-electron chi connectivity index (χ0n) is 14.5. The lowest BCUT2D eigenvalue weighted by atomic mass is 9.87. The van der Waals surface area contributed by atoms with Crippen molar-refractivity contribution < 1.29 is 0 Å². The summed E-state index contributed by atoms with van der Waals surface area (Å²) in [6.07, 6.45) is 14.1. The molecule has 1 fully saturated rings. The van der Waals surface area contributed by atoms with E-state index in [-0.39, 0.29) is 0 Å². The normalized spacial score (nSPS) is 25.3. The highest BCUT2D eigenvalue weighted by Gasteiger charge is 2.35. The van der Waals surface area contributed by atoms with E-state index in [4.69, 9.17) is 0 Å². The first-order chi connectivity index (χ1) is 9.56. The van der Waals surface area contributed by atoms with E-state index < -0.39 is 0 Å². The maximum absolute atomic E-state index is 3.90. The summed E-state index contributed by atoms with van der Waals surface area (Å²) in [5, 5.41) is 3.90. The van der Waals surface area contributed by atoms with Crippen molar-refractivity contribution >= 4 is 0 Å². The highest BCUT2D eigenvalue weighted by molar-refractivity contribution is 4.93. The van der Waals surface area contributed by atoms with Gasteiger partial charge in [-0.3, -0.25) is 0 Å². The molecular formula is C19H37N. The molecule has 0 aliphatic heterocycles. The number of unbranched alkanes of at least 4 members (excludes halogenated alkanes) is 4. The number of hydrogen-bond donors (Lipinski definition) is 1. The van der Waals surface area contributed by atoms with E-state index in [0.29, 0.717) is 6.04 Å². The summed E-state index contributed by atoms with van der Waals surface area (Å²) < 4.78 is 0. The van der Waals surface area contributed by atoms with Gasteiger partial charge in [0.05, 0.1) is 0 Å². The van der Waals surface area contributed by atoms with Crippen LogP contribution in [0.4, 0.5) is 0 Å². The van der Waals surface area contributed by atoms with Crippen LogP contribution in [-0.4, -0.2) is 12.1 Å². The van der Waals surface area contributed by atoms with Gasteiger partial charge in [0.15, 0.2) is 0 Å². The van der Waals surface area contributed by atoms with Gasteiger partial charge in [-0.15, -0.1) is 0 Å². The smallest absolute Gasteiger partial charge is 0.0118 e. The standard InChI is InChI=1S/C19H37N/c1-6-7-8-9-10-11-12-13-16(4)19(15(2)3)20-18-14-17(18)5/h6-7,15-20H,8-14H2,1-5H3/b7-6-. The van der Waals surface area contributed by atoms with E-state index in [0.717, 1.165) is 23.8 Å². The van der Waals surface area contributed by atoms with E-state index in [1.807, 2.05) is 0 Å². The van der Waals surface area contributed by atoms with Gasteiger partial charge >= 0.3 is 0 Å². The molecule has 0 spiro atoms. The fourth-order valence-corrected chi connectivity index (χ4v) is 3.24. The van der Waals surface area contributed by atoms with Gasteiger partial charge in [-0.05, 0) is 50.4 Å². The first-order valence-corrected chi connectivity index (χ1v) is 8.93. The van der Waals surface area contributed by atoms with Crippen molar-refractivity contribution in [2.24, 2.45) is 17.8 Å². The number of hydrogen-bond acceptors (Lipinski definition) is 1. The van der Waals surface area contributed by atoms with Crippen LogP contribution in [0.25, 0.3) is 0 Å². The molecule has 1 nitrogen and oxygen atoms in total. The van der Waals surface area contributed by atoms with Crippen molar-refractivity contribution in [1.29, 1.82) is 0 Å². The molecule has 0 bridgehead atoms. The minimum Gasteiger partial charge on any atom is -0.310 e. The van der Waals surface area contributed by atoms with E-state index >= 15 is 0 Å². The number of rotatable bonds is 11. The largest absolute Gasteiger partial charge is 0.310 e. The molecular weight excluding hydrogens is 242 g/mol. The second-order valence-corrected chi connectivity index (χ2v) is 7.29. The molecule has 1 heteroatoms. The predicted molar refractivity (Wildman–Crippen MR) is 91.0 cm³/mol. The van der Waals surface area contributed by atoms with Crippen molar-refractivity contribution in [3.63, 3.8) is 0 Å². The van der Waals surface area contributed by atoms with Gasteiger partial charge in [0.1, 0.15) is 0 Å². The maximum Gasteiger partial charge on any atom is 0.0118 e. The third-order valence-electron chi connectivity index (χ3n) is 4.86. The Bertz CT molecular complexity index is 269. The Morgan fingerprint density at radius 1 is 1.10 bits per heavy atom. The SMILES string of the molecule is C/C=C\CCCCCCC(C)C(NC1CC1C)C(C)C. The average Bonchev–Trinajstić information content (AvgIpc) is 3.10. The van der Waals surface area contributed by atoms with Crippen LogP contribution in [0, 0.1) is 17.8 Å². The molecule has 1 aliphatic rings. The van der Waals surface area contributed by atoms with Gasteiger partial charge in [-0.2, -0.15) is 0 Å². The quantitative estimate of drug-likeness (QED) is 0.385. The Morgan fingerprint density at radius 3 is 2.30 bits per heavy atom. The third kappa shape index (κ3) is 6.92. The van der Waals surface area contributed by atoms with Crippen LogP contribution in [0.3, 0.4) is 0 Å². The molecule has 0 aromatic heterocycles. The number of allylic oxidation sites excluding steroid dienone is 2. The summed E-state index contributed by atoms with van der Waals surface area (Å²) in [4.78, 5) is 0. The summed E-state index contributed by atoms with van der Waals surface area (Å²) >= 11 is 0. The lowest BCUT2D eigenvalue weighted by Gasteiger charge is -2.29. The lowest BCUT2D eigenvalue weighted by molar-refractivity contribution is 0.274. The monoisotopic (exact) mass is 279 g/mol. The van der Waals surface area contributed by atoms with E-state index in [9.17, 15) is 0 Å². The van der Waals surface area contributed by atoms with Crippen LogP contribution in [-0.2, 0) is 0 Å². The van der Waals surface area contributed by atoms with Gasteiger partial charge in [-0.1, -0.05) is 59.1 Å². The molecule has 1 aliphatic carbocycles. The fraction of sp³-hybridized carbons (Fsp3) is 0.895. The molecule has 0 heterocycles. The molecule has 0 radical (unpaired) electrons. The Balaban J connectivity index is 2.13. The van der Waals surface area contributed by atoms with Crippen LogP contribution < -0.4 is 5.32 Å². The lowest BCUT2D eigenvalue weighted by Crippen LogP contribution is -2.41. The molecule has 0 aromatic rings. The van der Waals surface area contributed by atoms with E-state index in [1.165, 1.54) is 44.9 Å². The molecule has 0 saturated heterocycles. The van der Waals surface area contributed by atoms with Crippen molar-refractivity contribution in [3.05, 3.63) is 12.2 Å². The van der Waals surface area contributed by atoms with Crippen molar-refractivity contribution in [2.75, 3.05) is 0 Å². The Labute approximate surface area is 127 Å². The third-order valence-corrected chi connectivity index (χ3v) is 4.86. The minimum absolute atomic E-state index is 0.716. The Morgan fingerprint density at radius 2 is 1.75 bits per heavy atom. The van der Waals surface area contributed by atoms with Crippen LogP contribution >= 0.6 is 0 Å². The maximum atomic E-state index is 3.90. The van der Waals surface area contributed by atoms with Crippen LogP contribution in [0.2, 0.25) is 0 Å². The summed E-state index contributed by atoms with van der Waals surface area (Å²) in [5.41, 5.74) is 0. The summed E-state index contributed by atoms with van der Waals surface area (Å²) in [7, 11) is 0. The van der Waals surface area contributed by atoms with Gasteiger partial charge < -0.3 is 5.32 Å². The van der Waals surface area contributed by atoms with Crippen molar-refractivity contribution in [2.45, 2.75) is 91.6 Å². The minimum atomic E-state index is 0.716. The van der Waals surface area contributed by atoms with E-state index in [2.05, 4.69) is 52.1 Å². The van der Waals surface area contributed by atoms with Crippen molar-refractivity contribution in [3.8, 4) is 0 Å². The van der Waals surface area contributed by atoms with Gasteiger partial charge in [0, 0.05) is 12.1 Å². The van der Waals surface area contributed by atoms with Crippen molar-refractivity contribution in [1.82, 2.24) is 5.32 Å². The Kier molecular flexibility index (Phi) is 8.52. The van der Waals surface area contributed by atoms with Gasteiger partial charge in [0.25, 0.3) is 0 Å². The zero-order valence-corrected chi connectivity index (χ0v) is 14.5.